The van der Waals surface area contributed by atoms with E-state index in [1.54, 1.807) is 24.3 Å². The molecule has 2 aromatic carbocycles. The second-order valence-electron chi connectivity index (χ2n) is 6.45. The molecule has 0 unspecified atom stereocenters. The standard InChI is InChI=1S/C21H27NO4/c1-3-4-5-6-7-8-11-22-20(24)16-10-9-15-14-19(23)18(21(25)26-2)13-17(15)12-16/h9-10,12-14,23H,3-8,11H2,1-2H3,(H,22,24). The summed E-state index contributed by atoms with van der Waals surface area (Å²) in [6, 6.07) is 8.24. The van der Waals surface area contributed by atoms with Gasteiger partial charge in [0.15, 0.2) is 0 Å². The molecule has 5 nitrogen and oxygen atoms in total. The van der Waals surface area contributed by atoms with E-state index in [4.69, 9.17) is 0 Å². The quantitative estimate of drug-likeness (QED) is 0.514. The number of amides is 1. The first-order valence-corrected chi connectivity index (χ1v) is 9.20. The molecule has 0 bridgehead atoms. The van der Waals surface area contributed by atoms with Gasteiger partial charge in [0.25, 0.3) is 5.91 Å². The number of hydrogen-bond acceptors (Lipinski definition) is 4. The zero-order chi connectivity index (χ0) is 18.9. The summed E-state index contributed by atoms with van der Waals surface area (Å²) in [5.74, 6) is -0.875. The molecule has 1 amide bonds. The predicted octanol–water partition coefficient (Wildman–Crippen LogP) is 4.42. The summed E-state index contributed by atoms with van der Waals surface area (Å²) in [5.41, 5.74) is 0.620. The van der Waals surface area contributed by atoms with Crippen molar-refractivity contribution >= 4 is 22.6 Å². The van der Waals surface area contributed by atoms with Gasteiger partial charge in [-0.15, -0.1) is 0 Å². The molecule has 2 N–H and O–H groups in total. The van der Waals surface area contributed by atoms with Crippen LogP contribution in [-0.2, 0) is 4.74 Å². The third-order valence-corrected chi connectivity index (χ3v) is 4.44. The van der Waals surface area contributed by atoms with Crippen molar-refractivity contribution in [3.63, 3.8) is 0 Å². The highest BCUT2D eigenvalue weighted by Gasteiger charge is 2.14. The summed E-state index contributed by atoms with van der Waals surface area (Å²) in [6.45, 7) is 2.85. The van der Waals surface area contributed by atoms with Crippen molar-refractivity contribution in [2.24, 2.45) is 0 Å². The summed E-state index contributed by atoms with van der Waals surface area (Å²) in [4.78, 5) is 24.0. The van der Waals surface area contributed by atoms with E-state index in [-0.39, 0.29) is 17.2 Å². The Balaban J connectivity index is 1.99. The number of aromatic hydroxyl groups is 1. The van der Waals surface area contributed by atoms with Gasteiger partial charge in [0.2, 0.25) is 0 Å². The van der Waals surface area contributed by atoms with Crippen LogP contribution in [0.3, 0.4) is 0 Å². The van der Waals surface area contributed by atoms with Crippen LogP contribution in [-0.4, -0.2) is 30.6 Å². The molecule has 0 fully saturated rings. The fraction of sp³-hybridized carbons (Fsp3) is 0.429. The molecule has 0 aliphatic heterocycles. The summed E-state index contributed by atoms with van der Waals surface area (Å²) in [6.07, 6.45) is 7.06. The van der Waals surface area contributed by atoms with E-state index in [1.165, 1.54) is 38.9 Å². The van der Waals surface area contributed by atoms with Crippen molar-refractivity contribution in [2.75, 3.05) is 13.7 Å². The summed E-state index contributed by atoms with van der Waals surface area (Å²) in [7, 11) is 1.26. The SMILES string of the molecule is CCCCCCCCNC(=O)c1ccc2cc(O)c(C(=O)OC)cc2c1. The Bertz CT molecular complexity index is 770. The zero-order valence-electron chi connectivity index (χ0n) is 15.5. The molecule has 0 spiro atoms. The first-order chi connectivity index (χ1) is 12.6. The van der Waals surface area contributed by atoms with E-state index < -0.39 is 5.97 Å². The Kier molecular flexibility index (Phi) is 7.45. The fourth-order valence-corrected chi connectivity index (χ4v) is 2.91. The fourth-order valence-electron chi connectivity index (χ4n) is 2.91. The molecule has 0 aromatic heterocycles. The number of ether oxygens (including phenoxy) is 1. The number of methoxy groups -OCH3 is 1. The molecule has 0 aliphatic rings. The van der Waals surface area contributed by atoms with Gasteiger partial charge < -0.3 is 15.2 Å². The molecule has 2 aromatic rings. The molecule has 26 heavy (non-hydrogen) atoms. The smallest absolute Gasteiger partial charge is 0.341 e. The van der Waals surface area contributed by atoms with Crippen LogP contribution in [0.2, 0.25) is 0 Å². The molecule has 0 heterocycles. The molecule has 0 atom stereocenters. The van der Waals surface area contributed by atoms with E-state index in [0.717, 1.165) is 18.2 Å². The molecule has 0 aliphatic carbocycles. The van der Waals surface area contributed by atoms with Gasteiger partial charge in [-0.05, 0) is 41.5 Å². The van der Waals surface area contributed by atoms with E-state index in [1.807, 2.05) is 0 Å². The number of benzene rings is 2. The van der Waals surface area contributed by atoms with Crippen molar-refractivity contribution in [3.05, 3.63) is 41.5 Å². The number of carbonyl (C=O) groups excluding carboxylic acids is 2. The maximum Gasteiger partial charge on any atom is 0.341 e. The molecule has 5 heteroatoms. The van der Waals surface area contributed by atoms with E-state index >= 15 is 0 Å². The predicted molar refractivity (Wildman–Crippen MR) is 103 cm³/mol. The summed E-state index contributed by atoms with van der Waals surface area (Å²) >= 11 is 0. The van der Waals surface area contributed by atoms with Gasteiger partial charge in [-0.3, -0.25) is 4.79 Å². The molecule has 0 saturated heterocycles. The summed E-state index contributed by atoms with van der Waals surface area (Å²) < 4.78 is 4.67. The van der Waals surface area contributed by atoms with Gasteiger partial charge in [0, 0.05) is 12.1 Å². The maximum absolute atomic E-state index is 12.3. The van der Waals surface area contributed by atoms with Crippen molar-refractivity contribution in [1.82, 2.24) is 5.32 Å². The lowest BCUT2D eigenvalue weighted by Gasteiger charge is -2.08. The molecular formula is C21H27NO4. The Morgan fingerprint density at radius 1 is 1.00 bits per heavy atom. The zero-order valence-corrected chi connectivity index (χ0v) is 15.5. The average molecular weight is 357 g/mol. The second-order valence-corrected chi connectivity index (χ2v) is 6.45. The number of carbonyl (C=O) groups is 2. The normalized spacial score (nSPS) is 10.7. The van der Waals surface area contributed by atoms with Gasteiger partial charge >= 0.3 is 5.97 Å². The molecule has 140 valence electrons. The second kappa shape index (κ2) is 9.80. The minimum absolute atomic E-state index is 0.0876. The monoisotopic (exact) mass is 357 g/mol. The number of rotatable bonds is 9. The van der Waals surface area contributed by atoms with E-state index in [9.17, 15) is 14.7 Å². The minimum Gasteiger partial charge on any atom is -0.507 e. The van der Waals surface area contributed by atoms with Crippen LogP contribution < -0.4 is 5.32 Å². The molecule has 0 saturated carbocycles. The van der Waals surface area contributed by atoms with Crippen LogP contribution in [0.4, 0.5) is 0 Å². The van der Waals surface area contributed by atoms with Crippen LogP contribution in [0.15, 0.2) is 30.3 Å². The van der Waals surface area contributed by atoms with Crippen LogP contribution >= 0.6 is 0 Å². The molecule has 0 radical (unpaired) electrons. The number of esters is 1. The van der Waals surface area contributed by atoms with Crippen molar-refractivity contribution in [2.45, 2.75) is 45.4 Å². The highest BCUT2D eigenvalue weighted by Crippen LogP contribution is 2.26. The largest absolute Gasteiger partial charge is 0.507 e. The lowest BCUT2D eigenvalue weighted by Crippen LogP contribution is -2.24. The van der Waals surface area contributed by atoms with Crippen LogP contribution in [0.5, 0.6) is 5.75 Å². The number of fused-ring (bicyclic) bond motifs is 1. The maximum atomic E-state index is 12.3. The number of phenolic OH excluding ortho intramolecular Hbond substituents is 1. The molecule has 2 rings (SSSR count). The van der Waals surface area contributed by atoms with Crippen molar-refractivity contribution < 1.29 is 19.4 Å². The van der Waals surface area contributed by atoms with E-state index in [2.05, 4.69) is 17.0 Å². The lowest BCUT2D eigenvalue weighted by atomic mass is 10.0. The Labute approximate surface area is 154 Å². The van der Waals surface area contributed by atoms with Gasteiger partial charge in [0.05, 0.1) is 7.11 Å². The highest BCUT2D eigenvalue weighted by atomic mass is 16.5. The first kappa shape index (κ1) is 19.8. The van der Waals surface area contributed by atoms with Gasteiger partial charge in [-0.1, -0.05) is 45.1 Å². The first-order valence-electron chi connectivity index (χ1n) is 9.20. The van der Waals surface area contributed by atoms with Crippen LogP contribution in [0.1, 0.15) is 66.2 Å². The van der Waals surface area contributed by atoms with Crippen LogP contribution in [0, 0.1) is 0 Å². The number of hydrogen-bond donors (Lipinski definition) is 2. The number of unbranched alkanes of at least 4 members (excludes halogenated alkanes) is 5. The Morgan fingerprint density at radius 2 is 1.73 bits per heavy atom. The highest BCUT2D eigenvalue weighted by molar-refractivity contribution is 6.02. The van der Waals surface area contributed by atoms with Crippen molar-refractivity contribution in [3.8, 4) is 5.75 Å². The van der Waals surface area contributed by atoms with Crippen molar-refractivity contribution in [1.29, 1.82) is 0 Å². The van der Waals surface area contributed by atoms with Crippen LogP contribution in [0.25, 0.3) is 10.8 Å². The van der Waals surface area contributed by atoms with Gasteiger partial charge in [-0.25, -0.2) is 4.79 Å². The lowest BCUT2D eigenvalue weighted by molar-refractivity contribution is 0.0597. The van der Waals surface area contributed by atoms with E-state index in [0.29, 0.717) is 17.5 Å². The molecular weight excluding hydrogens is 330 g/mol. The van der Waals surface area contributed by atoms with Gasteiger partial charge in [0.1, 0.15) is 11.3 Å². The number of phenols is 1. The third kappa shape index (κ3) is 5.22. The average Bonchev–Trinajstić information content (AvgIpc) is 2.65. The topological polar surface area (TPSA) is 75.6 Å². The third-order valence-electron chi connectivity index (χ3n) is 4.44. The van der Waals surface area contributed by atoms with Gasteiger partial charge in [-0.2, -0.15) is 0 Å². The Morgan fingerprint density at radius 3 is 2.46 bits per heavy atom. The number of nitrogens with one attached hydrogen (secondary N) is 1. The Hall–Kier alpha value is -2.56. The minimum atomic E-state index is -0.609. The summed E-state index contributed by atoms with van der Waals surface area (Å²) in [5, 5.41) is 14.3.